The Kier molecular flexibility index (Phi) is 5.65. The molecular weight excluding hydrogens is 412 g/mol. The van der Waals surface area contributed by atoms with Crippen molar-refractivity contribution in [3.8, 4) is 28.7 Å². The van der Waals surface area contributed by atoms with Gasteiger partial charge < -0.3 is 50.0 Å². The van der Waals surface area contributed by atoms with Crippen LogP contribution in [-0.2, 0) is 4.74 Å². The monoisotopic (exact) mass is 434 g/mol. The maximum Gasteiger partial charge on any atom is 0.229 e. The van der Waals surface area contributed by atoms with E-state index in [4.69, 9.17) is 14.2 Å². The van der Waals surface area contributed by atoms with Crippen molar-refractivity contribution >= 4 is 6.08 Å². The van der Waals surface area contributed by atoms with Crippen LogP contribution in [0.1, 0.15) is 17.2 Å². The molecule has 10 nitrogen and oxygen atoms in total. The average molecular weight is 434 g/mol. The summed E-state index contributed by atoms with van der Waals surface area (Å²) < 4.78 is 16.7. The average Bonchev–Trinajstić information content (AvgIpc) is 2.75. The largest absolute Gasteiger partial charge is 0.507 e. The number of hydrogen-bond donors (Lipinski definition) is 7. The van der Waals surface area contributed by atoms with Gasteiger partial charge in [0.2, 0.25) is 6.29 Å². The van der Waals surface area contributed by atoms with Gasteiger partial charge in [0.1, 0.15) is 47.8 Å². The van der Waals surface area contributed by atoms with Crippen LogP contribution in [0.15, 0.2) is 36.4 Å². The van der Waals surface area contributed by atoms with E-state index < -0.39 is 43.4 Å². The van der Waals surface area contributed by atoms with Crippen LogP contribution in [0.2, 0.25) is 0 Å². The van der Waals surface area contributed by atoms with Gasteiger partial charge in [-0.3, -0.25) is 0 Å². The topological polar surface area (TPSA) is 169 Å². The summed E-state index contributed by atoms with van der Waals surface area (Å²) in [5.74, 6) is -0.470. The Balaban J connectivity index is 1.57. The van der Waals surface area contributed by atoms with Gasteiger partial charge in [-0.25, -0.2) is 0 Å². The van der Waals surface area contributed by atoms with Crippen molar-refractivity contribution in [2.75, 3.05) is 6.61 Å². The number of phenolic OH excluding ortho intramolecular Hbond substituents is 3. The van der Waals surface area contributed by atoms with E-state index in [2.05, 4.69) is 0 Å². The Morgan fingerprint density at radius 3 is 2.35 bits per heavy atom. The van der Waals surface area contributed by atoms with Crippen LogP contribution in [0.25, 0.3) is 6.08 Å². The van der Waals surface area contributed by atoms with Crippen LogP contribution < -0.4 is 9.47 Å². The number of ether oxygens (including phenoxy) is 3. The Labute approximate surface area is 176 Å². The van der Waals surface area contributed by atoms with Crippen LogP contribution in [0, 0.1) is 0 Å². The first-order chi connectivity index (χ1) is 14.8. The molecule has 0 aromatic heterocycles. The second kappa shape index (κ2) is 8.25. The Bertz CT molecular complexity index is 988. The zero-order valence-electron chi connectivity index (χ0n) is 16.1. The molecule has 2 aromatic carbocycles. The van der Waals surface area contributed by atoms with Gasteiger partial charge in [-0.2, -0.15) is 0 Å². The summed E-state index contributed by atoms with van der Waals surface area (Å²) in [5, 5.41) is 68.7. The van der Waals surface area contributed by atoms with Crippen molar-refractivity contribution in [1.82, 2.24) is 0 Å². The summed E-state index contributed by atoms with van der Waals surface area (Å²) >= 11 is 0. The summed E-state index contributed by atoms with van der Waals surface area (Å²) in [5.41, 5.74) is 0.928. The predicted molar refractivity (Wildman–Crippen MR) is 105 cm³/mol. The van der Waals surface area contributed by atoms with Gasteiger partial charge in [0, 0.05) is 17.7 Å². The van der Waals surface area contributed by atoms with Gasteiger partial charge in [0.25, 0.3) is 0 Å². The normalized spacial score (nSPS) is 29.8. The van der Waals surface area contributed by atoms with E-state index in [1.165, 1.54) is 24.3 Å². The first-order valence-electron chi connectivity index (χ1n) is 9.49. The molecule has 0 bridgehead atoms. The molecule has 2 aromatic rings. The van der Waals surface area contributed by atoms with Crippen LogP contribution in [-0.4, -0.2) is 73.1 Å². The molecule has 7 N–H and O–H groups in total. The van der Waals surface area contributed by atoms with Crippen molar-refractivity contribution in [2.24, 2.45) is 0 Å². The number of rotatable bonds is 4. The highest BCUT2D eigenvalue weighted by atomic mass is 16.7. The highest BCUT2D eigenvalue weighted by molar-refractivity contribution is 5.68. The van der Waals surface area contributed by atoms with Crippen LogP contribution >= 0.6 is 0 Å². The lowest BCUT2D eigenvalue weighted by Gasteiger charge is -2.39. The highest BCUT2D eigenvalue weighted by Gasteiger charge is 2.44. The second-order valence-electron chi connectivity index (χ2n) is 7.32. The smallest absolute Gasteiger partial charge is 0.229 e. The molecule has 6 atom stereocenters. The van der Waals surface area contributed by atoms with E-state index in [0.29, 0.717) is 11.1 Å². The molecular formula is C21H22O10. The molecule has 1 fully saturated rings. The lowest BCUT2D eigenvalue weighted by Crippen LogP contribution is -2.60. The number of aromatic hydroxyl groups is 3. The zero-order valence-corrected chi connectivity index (χ0v) is 16.1. The number of aliphatic hydroxyl groups excluding tert-OH is 4. The first-order valence-corrected chi connectivity index (χ1v) is 9.49. The van der Waals surface area contributed by atoms with Gasteiger partial charge >= 0.3 is 0 Å². The van der Waals surface area contributed by atoms with E-state index >= 15 is 0 Å². The van der Waals surface area contributed by atoms with Gasteiger partial charge in [-0.1, -0.05) is 6.07 Å². The third-order valence-corrected chi connectivity index (χ3v) is 5.21. The summed E-state index contributed by atoms with van der Waals surface area (Å²) in [6, 6.07) is 6.95. The minimum atomic E-state index is -1.61. The Morgan fingerprint density at radius 1 is 0.871 bits per heavy atom. The molecule has 2 heterocycles. The SMILES string of the molecule is OCC1OC(Oc2cc(O)c3c(c2)OC(c2ccc(O)c(O)c2)C=C3)C(O)C(O)C1O. The van der Waals surface area contributed by atoms with Crippen molar-refractivity contribution in [3.05, 3.63) is 47.5 Å². The van der Waals surface area contributed by atoms with E-state index in [0.717, 1.165) is 0 Å². The van der Waals surface area contributed by atoms with E-state index in [1.807, 2.05) is 0 Å². The quantitative estimate of drug-likeness (QED) is 0.328. The fraction of sp³-hybridized carbons (Fsp3) is 0.333. The van der Waals surface area contributed by atoms with E-state index in [9.17, 15) is 35.7 Å². The molecule has 4 rings (SSSR count). The van der Waals surface area contributed by atoms with Gasteiger partial charge in [-0.15, -0.1) is 0 Å². The summed E-state index contributed by atoms with van der Waals surface area (Å²) in [7, 11) is 0. The molecule has 2 aliphatic heterocycles. The van der Waals surface area contributed by atoms with Crippen LogP contribution in [0.3, 0.4) is 0 Å². The number of hydrogen-bond acceptors (Lipinski definition) is 10. The predicted octanol–water partition coefficient (Wildman–Crippen LogP) is 0.129. The standard InChI is InChI=1S/C21H22O10/c22-8-17-18(26)19(27)20(28)21(31-17)29-10-6-13(24)11-2-4-15(30-16(11)7-10)9-1-3-12(23)14(25)5-9/h1-7,15,17-28H,8H2. The number of phenols is 3. The van der Waals surface area contributed by atoms with Gasteiger partial charge in [0.15, 0.2) is 11.5 Å². The fourth-order valence-electron chi connectivity index (χ4n) is 3.48. The molecule has 166 valence electrons. The summed E-state index contributed by atoms with van der Waals surface area (Å²) in [4.78, 5) is 0. The summed E-state index contributed by atoms with van der Waals surface area (Å²) in [6.45, 7) is -0.602. The van der Waals surface area contributed by atoms with Crippen molar-refractivity contribution in [2.45, 2.75) is 36.8 Å². The maximum absolute atomic E-state index is 10.3. The molecule has 1 saturated heterocycles. The molecule has 2 aliphatic rings. The van der Waals surface area contributed by atoms with Gasteiger partial charge in [0.05, 0.1) is 12.2 Å². The lowest BCUT2D eigenvalue weighted by atomic mass is 9.99. The molecule has 0 radical (unpaired) electrons. The third kappa shape index (κ3) is 3.99. The van der Waals surface area contributed by atoms with E-state index in [1.54, 1.807) is 18.2 Å². The summed E-state index contributed by atoms with van der Waals surface area (Å²) in [6.07, 6.45) is -4.63. The molecule has 31 heavy (non-hydrogen) atoms. The molecule has 0 saturated carbocycles. The fourth-order valence-corrected chi connectivity index (χ4v) is 3.48. The molecule has 10 heteroatoms. The Hall–Kier alpha value is -3.02. The maximum atomic E-state index is 10.3. The molecule has 0 amide bonds. The number of fused-ring (bicyclic) bond motifs is 1. The van der Waals surface area contributed by atoms with Gasteiger partial charge in [-0.05, 0) is 24.3 Å². The zero-order chi connectivity index (χ0) is 22.3. The van der Waals surface area contributed by atoms with Crippen LogP contribution in [0.4, 0.5) is 0 Å². The van der Waals surface area contributed by atoms with E-state index in [-0.39, 0.29) is 28.7 Å². The molecule has 6 unspecified atom stereocenters. The highest BCUT2D eigenvalue weighted by Crippen LogP contribution is 2.42. The number of aliphatic hydroxyl groups is 4. The second-order valence-corrected chi connectivity index (χ2v) is 7.32. The first kappa shape index (κ1) is 21.2. The Morgan fingerprint density at radius 2 is 1.65 bits per heavy atom. The van der Waals surface area contributed by atoms with Crippen molar-refractivity contribution in [1.29, 1.82) is 0 Å². The minimum Gasteiger partial charge on any atom is -0.507 e. The van der Waals surface area contributed by atoms with Crippen LogP contribution in [0.5, 0.6) is 28.7 Å². The van der Waals surface area contributed by atoms with Crippen molar-refractivity contribution in [3.63, 3.8) is 0 Å². The van der Waals surface area contributed by atoms with Crippen molar-refractivity contribution < 1.29 is 50.0 Å². The molecule has 0 spiro atoms. The third-order valence-electron chi connectivity index (χ3n) is 5.21. The number of benzene rings is 2. The minimum absolute atomic E-state index is 0.0446. The molecule has 0 aliphatic carbocycles. The lowest BCUT2D eigenvalue weighted by molar-refractivity contribution is -0.277.